The molecule has 3 unspecified atom stereocenters. The fourth-order valence-corrected chi connectivity index (χ4v) is 2.70. The van der Waals surface area contributed by atoms with E-state index in [2.05, 4.69) is 41.5 Å². The summed E-state index contributed by atoms with van der Waals surface area (Å²) in [4.78, 5) is 0. The lowest BCUT2D eigenvalue weighted by Gasteiger charge is -2.45. The predicted molar refractivity (Wildman–Crippen MR) is 67.3 cm³/mol. The van der Waals surface area contributed by atoms with E-state index in [-0.39, 0.29) is 11.7 Å². The van der Waals surface area contributed by atoms with Gasteiger partial charge in [0.25, 0.3) is 0 Å². The minimum absolute atomic E-state index is 0.000347. The normalized spacial score (nSPS) is 31.7. The Morgan fingerprint density at radius 2 is 1.88 bits per heavy atom. The first kappa shape index (κ1) is 14.0. The van der Waals surface area contributed by atoms with Crippen LogP contribution in [-0.4, -0.2) is 19.0 Å². The molecular weight excluding hydrogens is 200 g/mol. The fraction of sp³-hybridized carbons (Fsp3) is 1.00. The highest BCUT2D eigenvalue weighted by atomic mass is 16.7. The Bertz CT molecular complexity index is 211. The maximum Gasteiger partial charge on any atom is 0.160 e. The van der Waals surface area contributed by atoms with Crippen LogP contribution in [0.5, 0.6) is 0 Å². The summed E-state index contributed by atoms with van der Waals surface area (Å²) in [5.74, 6) is 1.05. The summed E-state index contributed by atoms with van der Waals surface area (Å²) in [5, 5.41) is 0. The number of rotatable bonds is 4. The Morgan fingerprint density at radius 1 is 1.25 bits per heavy atom. The molecule has 0 aromatic carbocycles. The van der Waals surface area contributed by atoms with Gasteiger partial charge < -0.3 is 9.47 Å². The van der Waals surface area contributed by atoms with Crippen molar-refractivity contribution >= 4 is 0 Å². The summed E-state index contributed by atoms with van der Waals surface area (Å²) in [6, 6.07) is 0. The lowest BCUT2D eigenvalue weighted by Crippen LogP contribution is -2.50. The molecule has 0 N–H and O–H groups in total. The average Bonchev–Trinajstić information content (AvgIpc) is 2.16. The first-order valence-corrected chi connectivity index (χ1v) is 6.65. The zero-order valence-corrected chi connectivity index (χ0v) is 11.7. The van der Waals surface area contributed by atoms with Crippen molar-refractivity contribution in [2.45, 2.75) is 66.8 Å². The molecule has 0 bridgehead atoms. The maximum atomic E-state index is 6.16. The van der Waals surface area contributed by atoms with E-state index < -0.39 is 0 Å². The van der Waals surface area contributed by atoms with Crippen molar-refractivity contribution < 1.29 is 9.47 Å². The Morgan fingerprint density at radius 3 is 2.38 bits per heavy atom. The van der Waals surface area contributed by atoms with E-state index in [4.69, 9.17) is 9.47 Å². The third kappa shape index (κ3) is 3.21. The molecule has 0 radical (unpaired) electrons. The minimum Gasteiger partial charge on any atom is -0.352 e. The third-order valence-corrected chi connectivity index (χ3v) is 3.48. The van der Waals surface area contributed by atoms with Crippen LogP contribution in [0.25, 0.3) is 0 Å². The van der Waals surface area contributed by atoms with Crippen molar-refractivity contribution in [3.05, 3.63) is 0 Å². The van der Waals surface area contributed by atoms with Crippen molar-refractivity contribution in [1.82, 2.24) is 0 Å². The summed E-state index contributed by atoms with van der Waals surface area (Å²) in [7, 11) is 0. The summed E-state index contributed by atoms with van der Waals surface area (Å²) in [5.41, 5.74) is 0.136. The second kappa shape index (κ2) is 5.50. The van der Waals surface area contributed by atoms with Crippen molar-refractivity contribution in [1.29, 1.82) is 0 Å². The lowest BCUT2D eigenvalue weighted by atomic mass is 9.80. The van der Waals surface area contributed by atoms with Crippen LogP contribution in [0, 0.1) is 17.3 Å². The van der Waals surface area contributed by atoms with Gasteiger partial charge in [0.2, 0.25) is 0 Å². The van der Waals surface area contributed by atoms with Gasteiger partial charge in [-0.05, 0) is 12.3 Å². The molecule has 0 saturated carbocycles. The van der Waals surface area contributed by atoms with Gasteiger partial charge in [0, 0.05) is 11.3 Å². The molecule has 2 nitrogen and oxygen atoms in total. The second-order valence-corrected chi connectivity index (χ2v) is 6.23. The molecule has 1 rings (SSSR count). The molecule has 0 aliphatic carbocycles. The van der Waals surface area contributed by atoms with E-state index in [1.54, 1.807) is 0 Å². The zero-order valence-electron chi connectivity index (χ0n) is 11.7. The van der Waals surface area contributed by atoms with E-state index in [0.29, 0.717) is 17.9 Å². The molecule has 96 valence electrons. The topological polar surface area (TPSA) is 18.5 Å². The maximum absolute atomic E-state index is 6.16. The van der Waals surface area contributed by atoms with Crippen LogP contribution in [-0.2, 0) is 9.47 Å². The molecule has 1 aliphatic heterocycles. The number of hydrogen-bond acceptors (Lipinski definition) is 2. The molecular formula is C14H28O2. The highest BCUT2D eigenvalue weighted by Gasteiger charge is 2.41. The van der Waals surface area contributed by atoms with Gasteiger partial charge in [0.15, 0.2) is 6.29 Å². The van der Waals surface area contributed by atoms with E-state index in [0.717, 1.165) is 6.61 Å². The summed E-state index contributed by atoms with van der Waals surface area (Å²) >= 11 is 0. The quantitative estimate of drug-likeness (QED) is 0.727. The highest BCUT2D eigenvalue weighted by molar-refractivity contribution is 4.85. The van der Waals surface area contributed by atoms with E-state index >= 15 is 0 Å². The van der Waals surface area contributed by atoms with Gasteiger partial charge in [-0.25, -0.2) is 0 Å². The molecule has 1 saturated heterocycles. The van der Waals surface area contributed by atoms with E-state index in [1.807, 2.05) is 0 Å². The molecule has 3 atom stereocenters. The summed E-state index contributed by atoms with van der Waals surface area (Å²) < 4.78 is 12.0. The van der Waals surface area contributed by atoms with Gasteiger partial charge in [-0.15, -0.1) is 0 Å². The predicted octanol–water partition coefficient (Wildman–Crippen LogP) is 3.85. The largest absolute Gasteiger partial charge is 0.352 e. The van der Waals surface area contributed by atoms with Gasteiger partial charge >= 0.3 is 0 Å². The van der Waals surface area contributed by atoms with Gasteiger partial charge in [-0.3, -0.25) is 0 Å². The van der Waals surface area contributed by atoms with Crippen LogP contribution in [0.4, 0.5) is 0 Å². The SMILES string of the molecule is CCCC(C)C1OCC(C)(C)C(C(C)C)O1. The third-order valence-electron chi connectivity index (χ3n) is 3.48. The fourth-order valence-electron chi connectivity index (χ4n) is 2.70. The van der Waals surface area contributed by atoms with Crippen molar-refractivity contribution in [3.63, 3.8) is 0 Å². The van der Waals surface area contributed by atoms with Gasteiger partial charge in [0.1, 0.15) is 0 Å². The average molecular weight is 228 g/mol. The number of ether oxygens (including phenoxy) is 2. The van der Waals surface area contributed by atoms with E-state index in [1.165, 1.54) is 12.8 Å². The van der Waals surface area contributed by atoms with Crippen molar-refractivity contribution in [2.75, 3.05) is 6.61 Å². The Kier molecular flexibility index (Phi) is 4.81. The Hall–Kier alpha value is -0.0800. The van der Waals surface area contributed by atoms with Crippen LogP contribution < -0.4 is 0 Å². The first-order valence-electron chi connectivity index (χ1n) is 6.65. The second-order valence-electron chi connectivity index (χ2n) is 6.23. The standard InChI is InChI=1S/C14H28O2/c1-7-8-11(4)13-15-9-14(5,6)12(16-13)10(2)3/h10-13H,7-9H2,1-6H3. The molecule has 0 aromatic heterocycles. The zero-order chi connectivity index (χ0) is 12.3. The molecule has 1 heterocycles. The van der Waals surface area contributed by atoms with Crippen LogP contribution in [0.2, 0.25) is 0 Å². The van der Waals surface area contributed by atoms with Crippen molar-refractivity contribution in [2.24, 2.45) is 17.3 Å². The highest BCUT2D eigenvalue weighted by Crippen LogP contribution is 2.36. The number of hydrogen-bond donors (Lipinski definition) is 0. The Labute approximate surface area is 101 Å². The van der Waals surface area contributed by atoms with Crippen LogP contribution in [0.1, 0.15) is 54.4 Å². The first-order chi connectivity index (χ1) is 7.38. The molecule has 1 fully saturated rings. The van der Waals surface area contributed by atoms with Gasteiger partial charge in [-0.2, -0.15) is 0 Å². The minimum atomic E-state index is 0.000347. The smallest absolute Gasteiger partial charge is 0.160 e. The molecule has 1 aliphatic rings. The van der Waals surface area contributed by atoms with Crippen LogP contribution in [0.3, 0.4) is 0 Å². The molecule has 2 heteroatoms. The molecule has 0 spiro atoms. The summed E-state index contributed by atoms with van der Waals surface area (Å²) in [6.45, 7) is 14.2. The molecule has 0 amide bonds. The molecule has 0 aromatic rings. The molecule has 16 heavy (non-hydrogen) atoms. The van der Waals surface area contributed by atoms with Crippen LogP contribution in [0.15, 0.2) is 0 Å². The van der Waals surface area contributed by atoms with E-state index in [9.17, 15) is 0 Å². The summed E-state index contributed by atoms with van der Waals surface area (Å²) in [6.07, 6.45) is 2.68. The Balaban J connectivity index is 2.62. The van der Waals surface area contributed by atoms with Gasteiger partial charge in [-0.1, -0.05) is 48.0 Å². The monoisotopic (exact) mass is 228 g/mol. The van der Waals surface area contributed by atoms with Crippen LogP contribution >= 0.6 is 0 Å². The lowest BCUT2D eigenvalue weighted by molar-refractivity contribution is -0.285. The van der Waals surface area contributed by atoms with Gasteiger partial charge in [0.05, 0.1) is 12.7 Å². The van der Waals surface area contributed by atoms with Crippen molar-refractivity contribution in [3.8, 4) is 0 Å².